The molecule has 2 aromatic rings. The molecular formula is C22H23Cl2SiZr. The van der Waals surface area contributed by atoms with E-state index in [4.69, 9.17) is 0 Å². The maximum atomic E-state index is 2.64. The van der Waals surface area contributed by atoms with Gasteiger partial charge < -0.3 is 24.8 Å². The molecule has 0 nitrogen and oxygen atoms in total. The summed E-state index contributed by atoms with van der Waals surface area (Å²) >= 11 is 1.76. The molecule has 0 radical (unpaired) electrons. The van der Waals surface area contributed by atoms with Gasteiger partial charge in [0.25, 0.3) is 0 Å². The quantitative estimate of drug-likeness (QED) is 0.534. The Labute approximate surface area is 184 Å². The van der Waals surface area contributed by atoms with E-state index in [-0.39, 0.29) is 24.8 Å². The van der Waals surface area contributed by atoms with Crippen LogP contribution in [0.25, 0.3) is 11.6 Å². The number of fused-ring (bicyclic) bond motifs is 2. The zero-order chi connectivity index (χ0) is 17.1. The van der Waals surface area contributed by atoms with Gasteiger partial charge in [-0.3, -0.25) is 0 Å². The number of hydrogen-bond donors (Lipinski definition) is 0. The Morgan fingerprint density at radius 2 is 1.38 bits per heavy atom. The minimum atomic E-state index is -1.54. The van der Waals surface area contributed by atoms with Crippen LogP contribution < -0.4 is 24.8 Å². The van der Waals surface area contributed by atoms with E-state index in [9.17, 15) is 0 Å². The first kappa shape index (κ1) is 21.9. The molecule has 0 amide bonds. The van der Waals surface area contributed by atoms with Crippen molar-refractivity contribution >= 4 is 16.8 Å². The van der Waals surface area contributed by atoms with E-state index in [1.165, 1.54) is 16.7 Å². The monoisotopic (exact) mass is 475 g/mol. The molecule has 0 aliphatic heterocycles. The van der Waals surface area contributed by atoms with Crippen molar-refractivity contribution in [1.29, 1.82) is 0 Å². The van der Waals surface area contributed by atoms with Gasteiger partial charge in [0.05, 0.1) is 0 Å². The largest absolute Gasteiger partial charge is 1.00 e. The zero-order valence-corrected chi connectivity index (χ0v) is 20.6. The number of halogens is 2. The van der Waals surface area contributed by atoms with Gasteiger partial charge in [0.1, 0.15) is 0 Å². The maximum Gasteiger partial charge on any atom is -1.00 e. The van der Waals surface area contributed by atoms with Crippen molar-refractivity contribution in [3.05, 3.63) is 81.9 Å². The summed E-state index contributed by atoms with van der Waals surface area (Å²) in [5, 5.41) is -1.54. The van der Waals surface area contributed by atoms with E-state index in [0.29, 0.717) is 11.1 Å². The fraction of sp³-hybridized carbons (Fsp3) is 0.273. The second kappa shape index (κ2) is 7.92. The molecule has 2 aliphatic carbocycles. The standard InChI is InChI=1S/C22H23Si.2ClH.Zr/c1-14-13-17-9-5-6-11-19(17)21(14)23(4)22-16(3)15(2)18-10-7-8-12-20(18)22;;;/h5-13,21-22H,1-4H3;2*1H;/q;;;+2/p-2. The molecule has 0 spiro atoms. The third-order valence-electron chi connectivity index (χ3n) is 6.05. The Balaban J connectivity index is 0.00000121. The molecule has 2 aliphatic rings. The van der Waals surface area contributed by atoms with Gasteiger partial charge in [0, 0.05) is 0 Å². The van der Waals surface area contributed by atoms with Crippen LogP contribution in [0.5, 0.6) is 0 Å². The molecule has 3 atom stereocenters. The van der Waals surface area contributed by atoms with Crippen LogP contribution in [0.3, 0.4) is 0 Å². The normalized spacial score (nSPS) is 22.6. The summed E-state index contributed by atoms with van der Waals surface area (Å²) in [5.74, 6) is 0. The minimum Gasteiger partial charge on any atom is -1.00 e. The van der Waals surface area contributed by atoms with E-state index in [1.807, 2.05) is 0 Å². The SMILES string of the molecule is CC1=Cc2ccccc2C1[Si](C)([Zr+2])C1C(C)=C(C)c2ccccc21.[Cl-].[Cl-]. The predicted molar refractivity (Wildman–Crippen MR) is 102 cm³/mol. The van der Waals surface area contributed by atoms with Gasteiger partial charge in [-0.1, -0.05) is 0 Å². The first-order valence-electron chi connectivity index (χ1n) is 8.71. The smallest absolute Gasteiger partial charge is 1.00 e. The molecule has 3 unspecified atom stereocenters. The van der Waals surface area contributed by atoms with Crippen LogP contribution in [0.4, 0.5) is 0 Å². The van der Waals surface area contributed by atoms with E-state index >= 15 is 0 Å². The number of allylic oxidation sites excluding steroid dienone is 3. The van der Waals surface area contributed by atoms with Crippen LogP contribution in [-0.4, -0.2) is 5.20 Å². The average molecular weight is 478 g/mol. The average Bonchev–Trinajstić information content (AvgIpc) is 3.02. The Morgan fingerprint density at radius 1 is 0.808 bits per heavy atom. The van der Waals surface area contributed by atoms with Crippen LogP contribution in [0.1, 0.15) is 54.1 Å². The van der Waals surface area contributed by atoms with Gasteiger partial charge >= 0.3 is 161 Å². The van der Waals surface area contributed by atoms with Crippen molar-refractivity contribution in [2.75, 3.05) is 0 Å². The Hall–Kier alpha value is -0.400. The molecule has 0 aromatic heterocycles. The molecule has 133 valence electrons. The van der Waals surface area contributed by atoms with Crippen LogP contribution in [-0.2, 0) is 23.9 Å². The minimum absolute atomic E-state index is 0. The summed E-state index contributed by atoms with van der Waals surface area (Å²) in [6.07, 6.45) is 2.43. The van der Waals surface area contributed by atoms with Crippen molar-refractivity contribution in [2.24, 2.45) is 0 Å². The van der Waals surface area contributed by atoms with E-state index < -0.39 is 5.20 Å². The van der Waals surface area contributed by atoms with Crippen molar-refractivity contribution < 1.29 is 48.7 Å². The maximum absolute atomic E-state index is 2.64. The molecule has 26 heavy (non-hydrogen) atoms. The van der Waals surface area contributed by atoms with Gasteiger partial charge in [-0.2, -0.15) is 0 Å². The van der Waals surface area contributed by atoms with E-state index in [0.717, 1.165) is 0 Å². The van der Waals surface area contributed by atoms with Crippen molar-refractivity contribution in [2.45, 2.75) is 38.4 Å². The van der Waals surface area contributed by atoms with Crippen molar-refractivity contribution in [3.8, 4) is 0 Å². The number of hydrogen-bond acceptors (Lipinski definition) is 0. The predicted octanol–water partition coefficient (Wildman–Crippen LogP) is -0.0136. The third kappa shape index (κ3) is 3.18. The number of rotatable bonds is 2. The van der Waals surface area contributed by atoms with Crippen LogP contribution in [0.15, 0.2) is 59.7 Å². The molecular weight excluding hydrogens is 454 g/mol. The summed E-state index contributed by atoms with van der Waals surface area (Å²) < 4.78 is 0. The van der Waals surface area contributed by atoms with Gasteiger partial charge in [-0.15, -0.1) is 0 Å². The molecule has 4 heteroatoms. The van der Waals surface area contributed by atoms with Crippen LogP contribution >= 0.6 is 0 Å². The molecule has 0 fully saturated rings. The van der Waals surface area contributed by atoms with Crippen molar-refractivity contribution in [3.63, 3.8) is 0 Å². The fourth-order valence-corrected chi connectivity index (χ4v) is 14.8. The summed E-state index contributed by atoms with van der Waals surface area (Å²) in [6.45, 7) is 9.70. The third-order valence-corrected chi connectivity index (χ3v) is 14.2. The number of benzene rings is 2. The zero-order valence-electron chi connectivity index (χ0n) is 15.6. The first-order chi connectivity index (χ1) is 11.4. The molecule has 2 aromatic carbocycles. The summed E-state index contributed by atoms with van der Waals surface area (Å²) in [4.78, 5) is 0. The molecule has 0 heterocycles. The van der Waals surface area contributed by atoms with Gasteiger partial charge in [-0.05, 0) is 0 Å². The fourth-order valence-electron chi connectivity index (χ4n) is 4.97. The second-order valence-electron chi connectivity index (χ2n) is 7.56. The Bertz CT molecular complexity index is 899. The van der Waals surface area contributed by atoms with Gasteiger partial charge in [-0.25, -0.2) is 0 Å². The molecule has 4 rings (SSSR count). The van der Waals surface area contributed by atoms with E-state index in [1.54, 1.807) is 46.2 Å². The summed E-state index contributed by atoms with van der Waals surface area (Å²) in [5.41, 5.74) is 12.2. The topological polar surface area (TPSA) is 0 Å². The summed E-state index contributed by atoms with van der Waals surface area (Å²) in [6, 6.07) is 18.2. The molecule has 0 saturated carbocycles. The molecule has 0 saturated heterocycles. The Morgan fingerprint density at radius 3 is 2.08 bits per heavy atom. The second-order valence-corrected chi connectivity index (χ2v) is 19.2. The molecule has 0 bridgehead atoms. The van der Waals surface area contributed by atoms with E-state index in [2.05, 4.69) is 81.9 Å². The van der Waals surface area contributed by atoms with Gasteiger partial charge in [0.2, 0.25) is 0 Å². The van der Waals surface area contributed by atoms with Crippen molar-refractivity contribution in [1.82, 2.24) is 0 Å². The first-order valence-corrected chi connectivity index (χ1v) is 15.1. The summed E-state index contributed by atoms with van der Waals surface area (Å²) in [7, 11) is 0. The van der Waals surface area contributed by atoms with Crippen LogP contribution in [0, 0.1) is 0 Å². The van der Waals surface area contributed by atoms with Gasteiger partial charge in [0.15, 0.2) is 0 Å². The molecule has 0 N–H and O–H groups in total. The van der Waals surface area contributed by atoms with Crippen LogP contribution in [0.2, 0.25) is 6.55 Å². The Kier molecular flexibility index (Phi) is 6.67.